The molecule has 0 aliphatic heterocycles. The molecule has 0 fully saturated rings. The number of rotatable bonds is 6. The number of non-ortho nitro benzene ring substituents is 1. The van der Waals surface area contributed by atoms with Crippen LogP contribution in [0.4, 0.5) is 5.69 Å². The Kier molecular flexibility index (Phi) is 5.44. The molecule has 0 aliphatic rings. The van der Waals surface area contributed by atoms with Gasteiger partial charge in [0.2, 0.25) is 0 Å². The number of nitro benzene ring substituents is 1. The number of carbonyl (C=O) groups is 1. The van der Waals surface area contributed by atoms with E-state index < -0.39 is 4.92 Å². The van der Waals surface area contributed by atoms with Crippen molar-refractivity contribution in [1.29, 1.82) is 0 Å². The Morgan fingerprint density at radius 2 is 1.95 bits per heavy atom. The highest BCUT2D eigenvalue weighted by atomic mass is 16.6. The molecule has 0 aromatic heterocycles. The standard InChI is InChI=1S/C13H19N3O3/c1-10(9-15(2)3)8-14-13(17)11-4-6-12(7-5-11)16(18)19/h4-7,10H,8-9H2,1-3H3,(H,14,17)/t10-/m0/s1. The maximum absolute atomic E-state index is 11.8. The van der Waals surface area contributed by atoms with Gasteiger partial charge in [0, 0.05) is 30.8 Å². The van der Waals surface area contributed by atoms with Crippen molar-refractivity contribution in [1.82, 2.24) is 10.2 Å². The fraction of sp³-hybridized carbons (Fsp3) is 0.462. The van der Waals surface area contributed by atoms with E-state index in [9.17, 15) is 14.9 Å². The summed E-state index contributed by atoms with van der Waals surface area (Å²) >= 11 is 0. The largest absolute Gasteiger partial charge is 0.352 e. The molecule has 0 spiro atoms. The highest BCUT2D eigenvalue weighted by Crippen LogP contribution is 2.11. The van der Waals surface area contributed by atoms with Crippen LogP contribution in [-0.4, -0.2) is 42.9 Å². The lowest BCUT2D eigenvalue weighted by atomic mass is 10.1. The van der Waals surface area contributed by atoms with Crippen LogP contribution in [0.2, 0.25) is 0 Å². The SMILES string of the molecule is C[C@@H](CNC(=O)c1ccc([N+](=O)[O-])cc1)CN(C)C. The van der Waals surface area contributed by atoms with E-state index in [2.05, 4.69) is 17.1 Å². The van der Waals surface area contributed by atoms with Gasteiger partial charge in [-0.05, 0) is 32.1 Å². The van der Waals surface area contributed by atoms with Gasteiger partial charge in [-0.2, -0.15) is 0 Å². The molecule has 0 radical (unpaired) electrons. The Bertz CT molecular complexity index is 443. The lowest BCUT2D eigenvalue weighted by Gasteiger charge is -2.17. The second kappa shape index (κ2) is 6.84. The minimum Gasteiger partial charge on any atom is -0.352 e. The molecule has 0 saturated heterocycles. The molecule has 0 aliphatic carbocycles. The smallest absolute Gasteiger partial charge is 0.269 e. The van der Waals surface area contributed by atoms with Crippen molar-refractivity contribution in [2.24, 2.45) is 5.92 Å². The summed E-state index contributed by atoms with van der Waals surface area (Å²) in [6, 6.07) is 5.59. The van der Waals surface area contributed by atoms with Crippen molar-refractivity contribution >= 4 is 11.6 Å². The van der Waals surface area contributed by atoms with Crippen molar-refractivity contribution in [3.05, 3.63) is 39.9 Å². The van der Waals surface area contributed by atoms with E-state index >= 15 is 0 Å². The Hall–Kier alpha value is -1.95. The van der Waals surface area contributed by atoms with Gasteiger partial charge in [0.15, 0.2) is 0 Å². The molecule has 6 nitrogen and oxygen atoms in total. The predicted octanol–water partition coefficient (Wildman–Crippen LogP) is 1.52. The second-order valence-corrected chi connectivity index (χ2v) is 4.88. The second-order valence-electron chi connectivity index (χ2n) is 4.88. The van der Waals surface area contributed by atoms with Crippen molar-refractivity contribution in [3.63, 3.8) is 0 Å². The van der Waals surface area contributed by atoms with E-state index in [1.54, 1.807) is 0 Å². The van der Waals surface area contributed by atoms with E-state index in [0.29, 0.717) is 18.0 Å². The van der Waals surface area contributed by atoms with E-state index in [1.165, 1.54) is 24.3 Å². The summed E-state index contributed by atoms with van der Waals surface area (Å²) in [6.07, 6.45) is 0. The van der Waals surface area contributed by atoms with Gasteiger partial charge in [-0.3, -0.25) is 14.9 Å². The summed E-state index contributed by atoms with van der Waals surface area (Å²) < 4.78 is 0. The number of hydrogen-bond donors (Lipinski definition) is 1. The number of benzene rings is 1. The molecule has 1 aromatic carbocycles. The maximum Gasteiger partial charge on any atom is 0.269 e. The zero-order chi connectivity index (χ0) is 14.4. The van der Waals surface area contributed by atoms with Crippen LogP contribution < -0.4 is 5.32 Å². The molecule has 19 heavy (non-hydrogen) atoms. The quantitative estimate of drug-likeness (QED) is 0.625. The van der Waals surface area contributed by atoms with Gasteiger partial charge in [-0.1, -0.05) is 6.92 Å². The van der Waals surface area contributed by atoms with Crippen molar-refractivity contribution in [2.45, 2.75) is 6.92 Å². The highest BCUT2D eigenvalue weighted by Gasteiger charge is 2.10. The summed E-state index contributed by atoms with van der Waals surface area (Å²) in [6.45, 7) is 3.52. The van der Waals surface area contributed by atoms with Gasteiger partial charge in [0.1, 0.15) is 0 Å². The number of amides is 1. The lowest BCUT2D eigenvalue weighted by Crippen LogP contribution is -2.32. The van der Waals surface area contributed by atoms with Crippen LogP contribution in [-0.2, 0) is 0 Å². The van der Waals surface area contributed by atoms with E-state index in [4.69, 9.17) is 0 Å². The lowest BCUT2D eigenvalue weighted by molar-refractivity contribution is -0.384. The van der Waals surface area contributed by atoms with Gasteiger partial charge < -0.3 is 10.2 Å². The Labute approximate surface area is 112 Å². The van der Waals surface area contributed by atoms with Crippen LogP contribution in [0.15, 0.2) is 24.3 Å². The van der Waals surface area contributed by atoms with Gasteiger partial charge in [0.25, 0.3) is 11.6 Å². The van der Waals surface area contributed by atoms with Crippen molar-refractivity contribution in [2.75, 3.05) is 27.2 Å². The van der Waals surface area contributed by atoms with Crippen LogP contribution in [0.25, 0.3) is 0 Å². The van der Waals surface area contributed by atoms with E-state index in [1.807, 2.05) is 14.1 Å². The molecular weight excluding hydrogens is 246 g/mol. The molecule has 0 heterocycles. The van der Waals surface area contributed by atoms with Gasteiger partial charge in [0.05, 0.1) is 4.92 Å². The molecule has 104 valence electrons. The number of nitrogens with zero attached hydrogens (tertiary/aromatic N) is 2. The molecule has 0 saturated carbocycles. The van der Waals surface area contributed by atoms with E-state index in [-0.39, 0.29) is 11.6 Å². The maximum atomic E-state index is 11.8. The topological polar surface area (TPSA) is 75.5 Å². The van der Waals surface area contributed by atoms with Crippen LogP contribution in [0, 0.1) is 16.0 Å². The summed E-state index contributed by atoms with van der Waals surface area (Å²) in [5, 5.41) is 13.3. The van der Waals surface area contributed by atoms with Crippen LogP contribution in [0.5, 0.6) is 0 Å². The number of nitrogens with one attached hydrogen (secondary N) is 1. The zero-order valence-corrected chi connectivity index (χ0v) is 11.4. The Morgan fingerprint density at radius 1 is 1.37 bits per heavy atom. The van der Waals surface area contributed by atoms with Gasteiger partial charge in [-0.25, -0.2) is 0 Å². The fourth-order valence-electron chi connectivity index (χ4n) is 1.79. The first-order valence-corrected chi connectivity index (χ1v) is 6.07. The number of carbonyl (C=O) groups excluding carboxylic acids is 1. The third kappa shape index (κ3) is 5.05. The average molecular weight is 265 g/mol. The molecular formula is C13H19N3O3. The zero-order valence-electron chi connectivity index (χ0n) is 11.4. The Balaban J connectivity index is 2.52. The fourth-order valence-corrected chi connectivity index (χ4v) is 1.79. The minimum absolute atomic E-state index is 0.0162. The van der Waals surface area contributed by atoms with Crippen LogP contribution in [0.3, 0.4) is 0 Å². The van der Waals surface area contributed by atoms with Gasteiger partial charge in [-0.15, -0.1) is 0 Å². The first kappa shape index (κ1) is 15.1. The average Bonchev–Trinajstić information content (AvgIpc) is 2.35. The van der Waals surface area contributed by atoms with Crippen LogP contribution in [0.1, 0.15) is 17.3 Å². The Morgan fingerprint density at radius 3 is 2.42 bits per heavy atom. The summed E-state index contributed by atoms with van der Waals surface area (Å²) in [7, 11) is 3.96. The molecule has 0 bridgehead atoms. The summed E-state index contributed by atoms with van der Waals surface area (Å²) in [5.74, 6) is 0.137. The first-order chi connectivity index (χ1) is 8.90. The predicted molar refractivity (Wildman–Crippen MR) is 73.1 cm³/mol. The summed E-state index contributed by atoms with van der Waals surface area (Å²) in [5.41, 5.74) is 0.417. The summed E-state index contributed by atoms with van der Waals surface area (Å²) in [4.78, 5) is 23.9. The molecule has 1 rings (SSSR count). The number of hydrogen-bond acceptors (Lipinski definition) is 4. The molecule has 1 amide bonds. The van der Waals surface area contributed by atoms with Crippen molar-refractivity contribution < 1.29 is 9.72 Å². The molecule has 1 atom stereocenters. The monoisotopic (exact) mass is 265 g/mol. The third-order valence-corrected chi connectivity index (χ3v) is 2.63. The molecule has 1 aromatic rings. The van der Waals surface area contributed by atoms with E-state index in [0.717, 1.165) is 6.54 Å². The normalized spacial score (nSPS) is 12.2. The highest BCUT2D eigenvalue weighted by molar-refractivity contribution is 5.94. The third-order valence-electron chi connectivity index (χ3n) is 2.63. The first-order valence-electron chi connectivity index (χ1n) is 6.07. The molecule has 0 unspecified atom stereocenters. The molecule has 6 heteroatoms. The molecule has 1 N–H and O–H groups in total. The number of nitro groups is 1. The minimum atomic E-state index is -0.485. The van der Waals surface area contributed by atoms with Crippen LogP contribution >= 0.6 is 0 Å². The van der Waals surface area contributed by atoms with Crippen molar-refractivity contribution in [3.8, 4) is 0 Å². The van der Waals surface area contributed by atoms with Gasteiger partial charge >= 0.3 is 0 Å².